The third-order valence-electron chi connectivity index (χ3n) is 10.3. The minimum atomic E-state index is -0.846. The van der Waals surface area contributed by atoms with Crippen molar-refractivity contribution in [2.24, 2.45) is 0 Å². The molecule has 23 nitrogen and oxygen atoms in total. The molecule has 4 aromatic carbocycles. The molecule has 0 bridgehead atoms. The highest BCUT2D eigenvalue weighted by atomic mass is 16.6. The van der Waals surface area contributed by atoms with Crippen molar-refractivity contribution >= 4 is 39.5 Å². The molecule has 0 amide bonds. The Bertz CT molecular complexity index is 3050. The summed E-state index contributed by atoms with van der Waals surface area (Å²) in [6.45, 7) is 3.65. The van der Waals surface area contributed by atoms with Gasteiger partial charge in [0.2, 0.25) is 28.4 Å². The molecule has 6 aromatic rings. The third-order valence-corrected chi connectivity index (χ3v) is 10.3. The second-order valence-electron chi connectivity index (χ2n) is 14.1. The molecule has 0 aliphatic rings. The third kappa shape index (κ3) is 11.8. The second kappa shape index (κ2) is 25.7. The van der Waals surface area contributed by atoms with Crippen molar-refractivity contribution in [2.45, 2.75) is 20.3 Å². The van der Waals surface area contributed by atoms with Crippen LogP contribution in [0.15, 0.2) is 55.2 Å². The Morgan fingerprint density at radius 1 is 0.472 bits per heavy atom. The number of esters is 2. The summed E-state index contributed by atoms with van der Waals surface area (Å²) in [6.07, 6.45) is -0.327. The zero-order chi connectivity index (χ0) is 53.4. The Kier molecular flexibility index (Phi) is 20.0. The summed E-state index contributed by atoms with van der Waals surface area (Å²) in [6, 6.07) is 9.31. The first-order valence-corrected chi connectivity index (χ1v) is 21.3. The lowest BCUT2D eigenvalue weighted by Crippen LogP contribution is -2.21. The van der Waals surface area contributed by atoms with Crippen molar-refractivity contribution in [1.29, 1.82) is 0 Å². The number of hydrogen-bond acceptors (Lipinski definition) is 21. The number of rotatable bonds is 19. The van der Waals surface area contributed by atoms with Crippen molar-refractivity contribution < 1.29 is 85.1 Å². The summed E-state index contributed by atoms with van der Waals surface area (Å²) < 4.78 is 77.8. The van der Waals surface area contributed by atoms with Gasteiger partial charge in [-0.2, -0.15) is 0 Å². The maximum Gasteiger partial charge on any atom is 0.419 e. The average Bonchev–Trinajstić information content (AvgIpc) is 3.38. The fraction of sp³-hybridized carbons (Fsp3) is 0.347. The molecule has 2 heterocycles. The molecule has 0 unspecified atom stereocenters. The van der Waals surface area contributed by atoms with E-state index >= 15 is 0 Å². The monoisotopic (exact) mass is 1010 g/mol. The Morgan fingerprint density at radius 2 is 0.875 bits per heavy atom. The number of Topliss-reactive ketones (excluding diaryl/α,β-unsaturated/α-hetero) is 1. The van der Waals surface area contributed by atoms with E-state index in [4.69, 9.17) is 66.3 Å². The van der Waals surface area contributed by atoms with Gasteiger partial charge in [-0.25, -0.2) is 14.4 Å². The highest BCUT2D eigenvalue weighted by Gasteiger charge is 2.28. The van der Waals surface area contributed by atoms with Crippen molar-refractivity contribution in [1.82, 2.24) is 9.97 Å². The molecule has 388 valence electrons. The van der Waals surface area contributed by atoms with E-state index in [1.807, 2.05) is 0 Å². The Morgan fingerprint density at radius 3 is 1.29 bits per heavy atom. The molecule has 0 saturated heterocycles. The Hall–Kier alpha value is -8.76. The van der Waals surface area contributed by atoms with E-state index in [-0.39, 0.29) is 76.0 Å². The highest BCUT2D eigenvalue weighted by Crippen LogP contribution is 2.45. The van der Waals surface area contributed by atoms with Crippen LogP contribution in [0.25, 0.3) is 33.1 Å². The molecule has 0 saturated carbocycles. The van der Waals surface area contributed by atoms with Crippen LogP contribution in [0.4, 0.5) is 0 Å². The summed E-state index contributed by atoms with van der Waals surface area (Å²) in [5.41, 5.74) is -0.0705. The van der Waals surface area contributed by atoms with Crippen LogP contribution in [-0.2, 0) is 14.3 Å². The normalized spacial score (nSPS) is 10.3. The van der Waals surface area contributed by atoms with Gasteiger partial charge >= 0.3 is 23.3 Å². The van der Waals surface area contributed by atoms with Gasteiger partial charge < -0.3 is 75.7 Å². The van der Waals surface area contributed by atoms with E-state index in [0.29, 0.717) is 62.6 Å². The molecule has 0 spiro atoms. The number of carbonyl (C=O) groups excluding carboxylic acids is 3. The lowest BCUT2D eigenvalue weighted by atomic mass is 10.0. The van der Waals surface area contributed by atoms with E-state index in [1.54, 1.807) is 32.0 Å². The topological polar surface area (TPSA) is 276 Å². The number of benzene rings is 4. The van der Waals surface area contributed by atoms with E-state index in [2.05, 4.69) is 14.4 Å². The first kappa shape index (κ1) is 55.8. The minimum absolute atomic E-state index is 0.0775. The van der Waals surface area contributed by atoms with Crippen LogP contribution in [0.1, 0.15) is 41.0 Å². The van der Waals surface area contributed by atoms with E-state index < -0.39 is 28.7 Å². The smallest absolute Gasteiger partial charge is 0.419 e. The molecule has 23 heteroatoms. The maximum absolute atomic E-state index is 13.7. The second-order valence-corrected chi connectivity index (χ2v) is 14.1. The van der Waals surface area contributed by atoms with Crippen LogP contribution < -0.4 is 73.7 Å². The average molecular weight is 1010 g/mol. The number of nitrogens with one attached hydrogen (secondary N) is 2. The van der Waals surface area contributed by atoms with Crippen LogP contribution in [0.3, 0.4) is 0 Å². The zero-order valence-corrected chi connectivity index (χ0v) is 42.2. The van der Waals surface area contributed by atoms with Gasteiger partial charge in [-0.05, 0) is 38.1 Å². The molecular formula is C49H56N2O21. The van der Waals surface area contributed by atoms with Gasteiger partial charge in [-0.3, -0.25) is 19.4 Å². The number of fused-ring (bicyclic) bond motifs is 2. The molecule has 0 radical (unpaired) electrons. The first-order chi connectivity index (χ1) is 34.6. The van der Waals surface area contributed by atoms with Crippen LogP contribution in [-0.4, -0.2) is 126 Å². The lowest BCUT2D eigenvalue weighted by Gasteiger charge is -2.18. The van der Waals surface area contributed by atoms with Crippen molar-refractivity contribution in [2.75, 3.05) is 98.5 Å². The van der Waals surface area contributed by atoms with Crippen molar-refractivity contribution in [3.8, 4) is 80.3 Å². The molecule has 2 N–H and O–H groups in total. The van der Waals surface area contributed by atoms with Gasteiger partial charge in [0.05, 0.1) is 121 Å². The van der Waals surface area contributed by atoms with Gasteiger partial charge in [-0.1, -0.05) is 0 Å². The Labute approximate surface area is 411 Å². The van der Waals surface area contributed by atoms with Crippen molar-refractivity contribution in [3.63, 3.8) is 0 Å². The van der Waals surface area contributed by atoms with E-state index in [9.17, 15) is 28.8 Å². The number of aromatic amines is 2. The standard InChI is InChI=1S/C24H27NO9.C14H18O6.C11H11NO6/c1-8-34-24(27)18-19(12-9-14(28-2)21(31-5)15(10-12)29-3)25-13-11-16(30-4)22(32-6)23(33-7)17(13)20(18)26;1-5-20-13(16)8-10(15)9-6-11(17-2)14(19-4)12(7-9)18-3;1-15-6-4-5-7(9(17-3)8(6)16-2)10(13)18-11(14)12-5/h9-11H,8H2,1-7H3,(H,25,26);6-7H,5,8H2,1-4H3;4H,1-3H3,(H,12,14). The fourth-order valence-electron chi connectivity index (χ4n) is 7.17. The molecule has 2 aromatic heterocycles. The number of ether oxygens (including phenoxy) is 14. The largest absolute Gasteiger partial charge is 0.493 e. The molecule has 6 rings (SSSR count). The molecular weight excluding hydrogens is 953 g/mol. The predicted octanol–water partition coefficient (Wildman–Crippen LogP) is 5.78. The van der Waals surface area contributed by atoms with Gasteiger partial charge in [0, 0.05) is 23.3 Å². The Balaban J connectivity index is 0.000000253. The maximum atomic E-state index is 13.7. The number of ketones is 1. The van der Waals surface area contributed by atoms with E-state index in [0.717, 1.165) is 0 Å². The molecule has 0 fully saturated rings. The quantitative estimate of drug-likeness (QED) is 0.0553. The van der Waals surface area contributed by atoms with Gasteiger partial charge in [0.1, 0.15) is 17.4 Å². The van der Waals surface area contributed by atoms with Gasteiger partial charge in [0.25, 0.3) is 0 Å². The first-order valence-electron chi connectivity index (χ1n) is 21.3. The summed E-state index contributed by atoms with van der Waals surface area (Å²) >= 11 is 0. The number of hydrogen-bond donors (Lipinski definition) is 2. The molecule has 0 aliphatic heterocycles. The fourth-order valence-corrected chi connectivity index (χ4v) is 7.17. The summed E-state index contributed by atoms with van der Waals surface area (Å²) in [4.78, 5) is 78.4. The van der Waals surface area contributed by atoms with Crippen LogP contribution >= 0.6 is 0 Å². The zero-order valence-electron chi connectivity index (χ0n) is 42.2. The minimum Gasteiger partial charge on any atom is -0.493 e. The molecule has 0 atom stereocenters. The summed E-state index contributed by atoms with van der Waals surface area (Å²) in [5.74, 6) is 1.01. The SMILES string of the molecule is CCOC(=O)CC(=O)c1cc(OC)c(OC)c(OC)c1.CCOC(=O)c1c(-c2cc(OC)c(OC)c(OC)c2)[nH]c2cc(OC)c(OC)c(OC)c2c1=O.COc1cc2[nH]c(=O)oc(=O)c2c(OC)c1OC. The summed E-state index contributed by atoms with van der Waals surface area (Å²) in [7, 11) is 17.3. The number of H-pyrrole nitrogens is 2. The van der Waals surface area contributed by atoms with Crippen molar-refractivity contribution in [3.05, 3.63) is 78.7 Å². The molecule has 72 heavy (non-hydrogen) atoms. The number of aromatic nitrogens is 2. The van der Waals surface area contributed by atoms with E-state index in [1.165, 1.54) is 104 Å². The lowest BCUT2D eigenvalue weighted by molar-refractivity contribution is -0.141. The van der Waals surface area contributed by atoms with Crippen LogP contribution in [0.2, 0.25) is 0 Å². The number of carbonyl (C=O) groups is 3. The summed E-state index contributed by atoms with van der Waals surface area (Å²) in [5, 5.41) is 0.203. The highest BCUT2D eigenvalue weighted by molar-refractivity contribution is 6.07. The number of methoxy groups -OCH3 is 12. The van der Waals surface area contributed by atoms with Gasteiger partial charge in [-0.15, -0.1) is 0 Å². The predicted molar refractivity (Wildman–Crippen MR) is 260 cm³/mol. The van der Waals surface area contributed by atoms with Gasteiger partial charge in [0.15, 0.2) is 51.8 Å². The van der Waals surface area contributed by atoms with Crippen LogP contribution in [0, 0.1) is 0 Å². The van der Waals surface area contributed by atoms with Crippen LogP contribution in [0.5, 0.6) is 69.0 Å². The number of pyridine rings is 1. The molecule has 0 aliphatic carbocycles.